The summed E-state index contributed by atoms with van der Waals surface area (Å²) in [6, 6.07) is 0. The molecule has 1 aliphatic heterocycles. The molecule has 1 N–H and O–H groups in total. The first-order valence-electron chi connectivity index (χ1n) is 5.90. The predicted octanol–water partition coefficient (Wildman–Crippen LogP) is -0.239. The van der Waals surface area contributed by atoms with Crippen LogP contribution in [0.4, 0.5) is 0 Å². The Balaban J connectivity index is 1.63. The zero-order valence-electron chi connectivity index (χ0n) is 9.41. The van der Waals surface area contributed by atoms with Gasteiger partial charge in [0, 0.05) is 25.6 Å². The second-order valence-electron chi connectivity index (χ2n) is 4.35. The van der Waals surface area contributed by atoms with Crippen LogP contribution in [0.1, 0.15) is 19.3 Å². The molecule has 0 aromatic carbocycles. The molecule has 1 saturated carbocycles. The first kappa shape index (κ1) is 11.4. The molecule has 16 heavy (non-hydrogen) atoms. The second kappa shape index (κ2) is 5.30. The normalized spacial score (nSPS) is 21.8. The summed E-state index contributed by atoms with van der Waals surface area (Å²) >= 11 is 0. The Morgan fingerprint density at radius 2 is 2.31 bits per heavy atom. The van der Waals surface area contributed by atoms with Gasteiger partial charge in [0.1, 0.15) is 6.61 Å². The summed E-state index contributed by atoms with van der Waals surface area (Å²) in [5, 5.41) is 2.88. The van der Waals surface area contributed by atoms with Gasteiger partial charge in [0.15, 0.2) is 0 Å². The number of hydrogen-bond acceptors (Lipinski definition) is 3. The van der Waals surface area contributed by atoms with Crippen LogP contribution in [-0.4, -0.2) is 49.6 Å². The number of rotatable bonds is 4. The van der Waals surface area contributed by atoms with Crippen molar-refractivity contribution in [3.63, 3.8) is 0 Å². The molecule has 1 saturated heterocycles. The lowest BCUT2D eigenvalue weighted by Crippen LogP contribution is -2.46. The third-order valence-corrected chi connectivity index (χ3v) is 3.24. The summed E-state index contributed by atoms with van der Waals surface area (Å²) in [7, 11) is 0. The van der Waals surface area contributed by atoms with Crippen LogP contribution in [0.15, 0.2) is 0 Å². The molecule has 2 rings (SSSR count). The van der Waals surface area contributed by atoms with Crippen molar-refractivity contribution in [1.29, 1.82) is 0 Å². The maximum Gasteiger partial charge on any atom is 0.248 e. The van der Waals surface area contributed by atoms with Crippen LogP contribution in [0, 0.1) is 5.92 Å². The van der Waals surface area contributed by atoms with Crippen molar-refractivity contribution < 1.29 is 14.3 Å². The molecule has 1 heterocycles. The first-order chi connectivity index (χ1) is 7.77. The van der Waals surface area contributed by atoms with Crippen molar-refractivity contribution >= 4 is 11.8 Å². The number of carbonyl (C=O) groups excluding carboxylic acids is 2. The highest BCUT2D eigenvalue weighted by Gasteiger charge is 2.25. The van der Waals surface area contributed by atoms with E-state index in [0.29, 0.717) is 26.2 Å². The quantitative estimate of drug-likeness (QED) is 0.720. The molecule has 0 unspecified atom stereocenters. The second-order valence-corrected chi connectivity index (χ2v) is 4.35. The summed E-state index contributed by atoms with van der Waals surface area (Å²) in [6.07, 6.45) is 3.20. The number of morpholine rings is 1. The monoisotopic (exact) mass is 226 g/mol. The highest BCUT2D eigenvalue weighted by atomic mass is 16.5. The van der Waals surface area contributed by atoms with Crippen LogP contribution < -0.4 is 5.32 Å². The molecule has 5 nitrogen and oxygen atoms in total. The van der Waals surface area contributed by atoms with E-state index in [2.05, 4.69) is 5.32 Å². The zero-order valence-corrected chi connectivity index (χ0v) is 9.41. The fourth-order valence-electron chi connectivity index (χ4n) is 1.92. The molecule has 2 fully saturated rings. The molecule has 0 atom stereocenters. The van der Waals surface area contributed by atoms with E-state index in [1.165, 1.54) is 6.42 Å². The molecular weight excluding hydrogens is 208 g/mol. The summed E-state index contributed by atoms with van der Waals surface area (Å²) in [5.74, 6) is 0.386. The van der Waals surface area contributed by atoms with Crippen LogP contribution >= 0.6 is 0 Å². The van der Waals surface area contributed by atoms with E-state index in [1.54, 1.807) is 4.90 Å². The lowest BCUT2D eigenvalue weighted by molar-refractivity contribution is -0.142. The van der Waals surface area contributed by atoms with Gasteiger partial charge >= 0.3 is 0 Å². The maximum absolute atomic E-state index is 11.5. The fraction of sp³-hybridized carbons (Fsp3) is 0.818. The summed E-state index contributed by atoms with van der Waals surface area (Å²) in [5.41, 5.74) is 0. The number of carbonyl (C=O) groups is 2. The van der Waals surface area contributed by atoms with Crippen molar-refractivity contribution in [3.8, 4) is 0 Å². The van der Waals surface area contributed by atoms with Gasteiger partial charge in [-0.25, -0.2) is 0 Å². The molecule has 2 aliphatic rings. The molecule has 5 heteroatoms. The van der Waals surface area contributed by atoms with E-state index in [0.717, 1.165) is 12.8 Å². The highest BCUT2D eigenvalue weighted by molar-refractivity contribution is 5.80. The van der Waals surface area contributed by atoms with Crippen molar-refractivity contribution in [2.75, 3.05) is 32.8 Å². The molecule has 2 amide bonds. The van der Waals surface area contributed by atoms with E-state index in [1.807, 2.05) is 0 Å². The average Bonchev–Trinajstić information content (AvgIpc) is 2.18. The van der Waals surface area contributed by atoms with Crippen LogP contribution in [0.2, 0.25) is 0 Å². The lowest BCUT2D eigenvalue weighted by Gasteiger charge is -2.28. The number of nitrogens with zero attached hydrogens (tertiary/aromatic N) is 1. The molecular formula is C11H18N2O3. The molecule has 0 aromatic rings. The van der Waals surface area contributed by atoms with Crippen molar-refractivity contribution in [3.05, 3.63) is 0 Å². The third kappa shape index (κ3) is 2.72. The summed E-state index contributed by atoms with van der Waals surface area (Å²) < 4.78 is 5.03. The Morgan fingerprint density at radius 1 is 1.50 bits per heavy atom. The Labute approximate surface area is 95.1 Å². The van der Waals surface area contributed by atoms with Crippen molar-refractivity contribution in [2.45, 2.75) is 19.3 Å². The zero-order chi connectivity index (χ0) is 11.4. The average molecular weight is 226 g/mol. The number of amides is 2. The number of hydrogen-bond donors (Lipinski definition) is 1. The Kier molecular flexibility index (Phi) is 3.77. The van der Waals surface area contributed by atoms with Gasteiger partial charge in [0.05, 0.1) is 6.61 Å². The van der Waals surface area contributed by atoms with Crippen molar-refractivity contribution in [1.82, 2.24) is 10.2 Å². The number of ether oxygens (including phenoxy) is 1. The Hall–Kier alpha value is -1.10. The molecule has 1 aliphatic carbocycles. The minimum absolute atomic E-state index is 0.0177. The molecule has 0 spiro atoms. The third-order valence-electron chi connectivity index (χ3n) is 3.24. The van der Waals surface area contributed by atoms with Crippen LogP contribution in [-0.2, 0) is 14.3 Å². The predicted molar refractivity (Wildman–Crippen MR) is 57.7 cm³/mol. The van der Waals surface area contributed by atoms with E-state index >= 15 is 0 Å². The van der Waals surface area contributed by atoms with Gasteiger partial charge in [-0.05, 0) is 12.8 Å². The van der Waals surface area contributed by atoms with Gasteiger partial charge in [-0.2, -0.15) is 0 Å². The Morgan fingerprint density at radius 3 is 2.94 bits per heavy atom. The summed E-state index contributed by atoms with van der Waals surface area (Å²) in [4.78, 5) is 24.6. The van der Waals surface area contributed by atoms with E-state index in [9.17, 15) is 9.59 Å². The maximum atomic E-state index is 11.5. The van der Waals surface area contributed by atoms with Gasteiger partial charge in [-0.1, -0.05) is 6.42 Å². The van der Waals surface area contributed by atoms with Gasteiger partial charge < -0.3 is 15.0 Å². The van der Waals surface area contributed by atoms with Gasteiger partial charge in [0.25, 0.3) is 0 Å². The van der Waals surface area contributed by atoms with E-state index < -0.39 is 0 Å². The molecule has 0 bridgehead atoms. The Bertz CT molecular complexity index is 276. The fourth-order valence-corrected chi connectivity index (χ4v) is 1.92. The van der Waals surface area contributed by atoms with Gasteiger partial charge in [0.2, 0.25) is 11.8 Å². The van der Waals surface area contributed by atoms with E-state index in [-0.39, 0.29) is 24.3 Å². The van der Waals surface area contributed by atoms with Gasteiger partial charge in [-0.15, -0.1) is 0 Å². The standard InChI is InChI=1S/C11H18N2O3/c14-10-8-16-7-6-13(10)5-4-12-11(15)9-2-1-3-9/h9H,1-8H2,(H,12,15). The minimum atomic E-state index is 0.0177. The van der Waals surface area contributed by atoms with Crippen LogP contribution in [0.5, 0.6) is 0 Å². The van der Waals surface area contributed by atoms with Gasteiger partial charge in [-0.3, -0.25) is 9.59 Å². The smallest absolute Gasteiger partial charge is 0.248 e. The minimum Gasteiger partial charge on any atom is -0.370 e. The molecule has 0 aromatic heterocycles. The molecule has 0 radical (unpaired) electrons. The van der Waals surface area contributed by atoms with Crippen molar-refractivity contribution in [2.24, 2.45) is 5.92 Å². The molecule has 90 valence electrons. The van der Waals surface area contributed by atoms with Crippen LogP contribution in [0.25, 0.3) is 0 Å². The van der Waals surface area contributed by atoms with E-state index in [4.69, 9.17) is 4.74 Å². The first-order valence-corrected chi connectivity index (χ1v) is 5.90. The lowest BCUT2D eigenvalue weighted by atomic mass is 9.85. The summed E-state index contributed by atoms with van der Waals surface area (Å²) in [6.45, 7) is 2.57. The largest absolute Gasteiger partial charge is 0.370 e. The topological polar surface area (TPSA) is 58.6 Å². The highest BCUT2D eigenvalue weighted by Crippen LogP contribution is 2.25. The van der Waals surface area contributed by atoms with Crippen LogP contribution in [0.3, 0.4) is 0 Å². The SMILES string of the molecule is O=C(NCCN1CCOCC1=O)C1CCC1. The number of nitrogens with one attached hydrogen (secondary N) is 1.